The van der Waals surface area contributed by atoms with E-state index < -0.39 is 6.10 Å². The summed E-state index contributed by atoms with van der Waals surface area (Å²) >= 11 is 7.42. The van der Waals surface area contributed by atoms with Crippen LogP contribution in [0.15, 0.2) is 30.5 Å². The fraction of sp³-hybridized carbons (Fsp3) is 0.381. The van der Waals surface area contributed by atoms with E-state index in [4.69, 9.17) is 16.7 Å². The number of hydrogen-bond donors (Lipinski definition) is 3. The molecule has 164 valence electrons. The molecule has 1 saturated heterocycles. The van der Waals surface area contributed by atoms with Gasteiger partial charge in [-0.05, 0) is 36.2 Å². The molecule has 1 aliphatic rings. The minimum atomic E-state index is -0.776. The van der Waals surface area contributed by atoms with E-state index in [1.807, 2.05) is 25.1 Å². The third kappa shape index (κ3) is 5.07. The summed E-state index contributed by atoms with van der Waals surface area (Å²) < 4.78 is 0.934. The molecule has 2 amide bonds. The molecular weight excluding hydrogens is 438 g/mol. The van der Waals surface area contributed by atoms with Crippen LogP contribution >= 0.6 is 22.9 Å². The van der Waals surface area contributed by atoms with Gasteiger partial charge in [-0.15, -0.1) is 0 Å². The molecule has 0 aliphatic carbocycles. The van der Waals surface area contributed by atoms with E-state index in [1.54, 1.807) is 17.2 Å². The molecule has 1 aliphatic heterocycles. The van der Waals surface area contributed by atoms with Gasteiger partial charge < -0.3 is 20.0 Å². The zero-order valence-electron chi connectivity index (χ0n) is 17.1. The van der Waals surface area contributed by atoms with Crippen molar-refractivity contribution in [1.29, 1.82) is 0 Å². The van der Waals surface area contributed by atoms with Gasteiger partial charge in [-0.2, -0.15) is 0 Å². The minimum absolute atomic E-state index is 0.164. The molecule has 0 spiro atoms. The molecule has 1 fully saturated rings. The number of carbonyl (C=O) groups excluding carboxylic acids is 1. The van der Waals surface area contributed by atoms with Crippen LogP contribution in [0.2, 0.25) is 5.02 Å². The van der Waals surface area contributed by atoms with Gasteiger partial charge in [0.1, 0.15) is 5.82 Å². The largest absolute Gasteiger partial charge is 0.394 e. The van der Waals surface area contributed by atoms with Gasteiger partial charge in [0.05, 0.1) is 22.9 Å². The number of halogens is 1. The Balaban J connectivity index is 1.35. The van der Waals surface area contributed by atoms with Crippen LogP contribution in [0.3, 0.4) is 0 Å². The highest BCUT2D eigenvalue weighted by molar-refractivity contribution is 7.22. The summed E-state index contributed by atoms with van der Waals surface area (Å²) in [6.45, 7) is 4.22. The summed E-state index contributed by atoms with van der Waals surface area (Å²) in [5, 5.41) is 22.7. The van der Waals surface area contributed by atoms with Crippen LogP contribution in [-0.4, -0.2) is 70.0 Å². The van der Waals surface area contributed by atoms with Crippen molar-refractivity contribution in [3.05, 3.63) is 46.6 Å². The lowest BCUT2D eigenvalue weighted by atomic mass is 10.1. The number of urea groups is 1. The van der Waals surface area contributed by atoms with E-state index in [0.29, 0.717) is 42.8 Å². The number of pyridine rings is 1. The lowest BCUT2D eigenvalue weighted by Gasteiger charge is -2.35. The Hall–Kier alpha value is -2.46. The summed E-state index contributed by atoms with van der Waals surface area (Å²) in [4.78, 5) is 25.6. The molecule has 0 unspecified atom stereocenters. The molecule has 3 aromatic rings. The maximum atomic E-state index is 12.7. The zero-order chi connectivity index (χ0) is 22.0. The quantitative estimate of drug-likeness (QED) is 0.540. The number of piperazine rings is 1. The number of anilines is 2. The second-order valence-corrected chi connectivity index (χ2v) is 9.03. The topological polar surface area (TPSA) is 102 Å². The number of aryl methyl sites for hydroxylation is 1. The van der Waals surface area contributed by atoms with Crippen LogP contribution in [0.4, 0.5) is 15.7 Å². The Morgan fingerprint density at radius 2 is 2.06 bits per heavy atom. The molecule has 4 rings (SSSR count). The van der Waals surface area contributed by atoms with Crippen LogP contribution in [0, 0.1) is 6.92 Å². The lowest BCUT2D eigenvalue weighted by Crippen LogP contribution is -2.50. The van der Waals surface area contributed by atoms with Crippen molar-refractivity contribution in [3.63, 3.8) is 0 Å². The predicted octanol–water partition coefficient (Wildman–Crippen LogP) is 2.90. The maximum Gasteiger partial charge on any atom is 0.323 e. The first kappa shape index (κ1) is 21.8. The van der Waals surface area contributed by atoms with E-state index in [9.17, 15) is 9.90 Å². The summed E-state index contributed by atoms with van der Waals surface area (Å²) in [6, 6.07) is 7.29. The number of aliphatic hydroxyl groups is 2. The Labute approximate surface area is 189 Å². The zero-order valence-corrected chi connectivity index (χ0v) is 18.7. The number of rotatable bonds is 5. The molecule has 0 saturated carbocycles. The minimum Gasteiger partial charge on any atom is -0.394 e. The molecular formula is C21H24ClN5O3S. The number of carbonyl (C=O) groups is 1. The molecule has 0 bridgehead atoms. The molecule has 3 N–H and O–H groups in total. The molecule has 31 heavy (non-hydrogen) atoms. The molecule has 3 heterocycles. The SMILES string of the molecule is Cc1cc(C[C@@H](O)CO)cnc1N1CCN(C(=O)Nc2nc3ccc(Cl)cc3s2)CC1. The molecule has 1 atom stereocenters. The molecule has 8 nitrogen and oxygen atoms in total. The first-order valence-corrected chi connectivity index (χ1v) is 11.2. The van der Waals surface area contributed by atoms with E-state index in [1.165, 1.54) is 11.3 Å². The van der Waals surface area contributed by atoms with Crippen LogP contribution in [0.1, 0.15) is 11.1 Å². The van der Waals surface area contributed by atoms with Crippen molar-refractivity contribution < 1.29 is 15.0 Å². The van der Waals surface area contributed by atoms with E-state index in [2.05, 4.69) is 20.2 Å². The van der Waals surface area contributed by atoms with Crippen molar-refractivity contribution >= 4 is 50.1 Å². The summed E-state index contributed by atoms with van der Waals surface area (Å²) in [5.41, 5.74) is 2.71. The monoisotopic (exact) mass is 461 g/mol. The lowest BCUT2D eigenvalue weighted by molar-refractivity contribution is 0.0954. The van der Waals surface area contributed by atoms with Gasteiger partial charge in [-0.25, -0.2) is 14.8 Å². The standard InChI is InChI=1S/C21H24ClN5O3S/c1-13-8-14(9-16(29)12-28)11-23-19(13)26-4-6-27(7-5-26)21(30)25-20-24-17-3-2-15(22)10-18(17)31-20/h2-3,8,10-11,16,28-29H,4-7,9,12H2,1H3,(H,24,25,30)/t16-/m1/s1. The number of aromatic nitrogens is 2. The number of benzene rings is 1. The van der Waals surface area contributed by atoms with E-state index in [0.717, 1.165) is 27.2 Å². The fourth-order valence-electron chi connectivity index (χ4n) is 3.65. The fourth-order valence-corrected chi connectivity index (χ4v) is 4.78. The second-order valence-electron chi connectivity index (χ2n) is 7.56. The van der Waals surface area contributed by atoms with Crippen molar-refractivity contribution in [2.24, 2.45) is 0 Å². The van der Waals surface area contributed by atoms with E-state index in [-0.39, 0.29) is 12.6 Å². The van der Waals surface area contributed by atoms with Crippen molar-refractivity contribution in [2.75, 3.05) is 43.0 Å². The Morgan fingerprint density at radius 1 is 1.29 bits per heavy atom. The van der Waals surface area contributed by atoms with Crippen molar-refractivity contribution in [1.82, 2.24) is 14.9 Å². The molecule has 0 radical (unpaired) electrons. The maximum absolute atomic E-state index is 12.7. The third-order valence-corrected chi connectivity index (χ3v) is 6.39. The summed E-state index contributed by atoms with van der Waals surface area (Å²) in [6.07, 6.45) is 1.33. The van der Waals surface area contributed by atoms with Crippen LogP contribution in [-0.2, 0) is 6.42 Å². The summed E-state index contributed by atoms with van der Waals surface area (Å²) in [5.74, 6) is 0.880. The normalized spacial score (nSPS) is 15.4. The number of amides is 2. The summed E-state index contributed by atoms with van der Waals surface area (Å²) in [7, 11) is 0. The van der Waals surface area contributed by atoms with Crippen LogP contribution < -0.4 is 10.2 Å². The van der Waals surface area contributed by atoms with Gasteiger partial charge in [-0.3, -0.25) is 5.32 Å². The van der Waals surface area contributed by atoms with Crippen LogP contribution in [0.5, 0.6) is 0 Å². The van der Waals surface area contributed by atoms with Gasteiger partial charge in [0.2, 0.25) is 0 Å². The Bertz CT molecular complexity index is 1080. The highest BCUT2D eigenvalue weighted by atomic mass is 35.5. The van der Waals surface area contributed by atoms with Gasteiger partial charge in [0.15, 0.2) is 5.13 Å². The van der Waals surface area contributed by atoms with Gasteiger partial charge in [0.25, 0.3) is 0 Å². The molecule has 2 aromatic heterocycles. The van der Waals surface area contributed by atoms with Crippen molar-refractivity contribution in [2.45, 2.75) is 19.4 Å². The van der Waals surface area contributed by atoms with Gasteiger partial charge in [0, 0.05) is 43.8 Å². The Kier molecular flexibility index (Phi) is 6.57. The number of fused-ring (bicyclic) bond motifs is 1. The van der Waals surface area contributed by atoms with Gasteiger partial charge >= 0.3 is 6.03 Å². The van der Waals surface area contributed by atoms with Gasteiger partial charge in [-0.1, -0.05) is 29.0 Å². The third-order valence-electron chi connectivity index (χ3n) is 5.22. The molecule has 10 heteroatoms. The number of nitrogens with zero attached hydrogens (tertiary/aromatic N) is 4. The average molecular weight is 462 g/mol. The van der Waals surface area contributed by atoms with Crippen LogP contribution in [0.25, 0.3) is 10.2 Å². The second kappa shape index (κ2) is 9.35. The number of aliphatic hydroxyl groups excluding tert-OH is 2. The smallest absolute Gasteiger partial charge is 0.323 e. The highest BCUT2D eigenvalue weighted by Crippen LogP contribution is 2.28. The van der Waals surface area contributed by atoms with Crippen molar-refractivity contribution in [3.8, 4) is 0 Å². The highest BCUT2D eigenvalue weighted by Gasteiger charge is 2.23. The average Bonchev–Trinajstić information content (AvgIpc) is 3.15. The number of nitrogens with one attached hydrogen (secondary N) is 1. The predicted molar refractivity (Wildman–Crippen MR) is 123 cm³/mol. The van der Waals surface area contributed by atoms with E-state index >= 15 is 0 Å². The first-order chi connectivity index (χ1) is 14.9. The first-order valence-electron chi connectivity index (χ1n) is 10.0. The number of hydrogen-bond acceptors (Lipinski definition) is 7. The Morgan fingerprint density at radius 3 is 2.77 bits per heavy atom. The number of thiazole rings is 1. The molecule has 1 aromatic carbocycles.